The largest absolute Gasteiger partial charge is 0.406 e. The highest BCUT2D eigenvalue weighted by atomic mass is 16.7. The van der Waals surface area contributed by atoms with Crippen molar-refractivity contribution in [2.24, 2.45) is 0 Å². The van der Waals surface area contributed by atoms with Crippen molar-refractivity contribution in [3.8, 4) is 5.75 Å². The lowest BCUT2D eigenvalue weighted by molar-refractivity contribution is -0.107. The summed E-state index contributed by atoms with van der Waals surface area (Å²) in [4.78, 5) is 5.65. The van der Waals surface area contributed by atoms with Gasteiger partial charge in [0.1, 0.15) is 5.75 Å². The van der Waals surface area contributed by atoms with Gasteiger partial charge in [-0.25, -0.2) is 0 Å². The Morgan fingerprint density at radius 2 is 1.67 bits per heavy atom. The van der Waals surface area contributed by atoms with E-state index in [-0.39, 0.29) is 5.41 Å². The Hall–Kier alpha value is -1.02. The topological polar surface area (TPSA) is 12.5 Å². The van der Waals surface area contributed by atoms with Crippen molar-refractivity contribution in [1.82, 2.24) is 5.06 Å². The molecule has 1 fully saturated rings. The fraction of sp³-hybridized carbons (Fsp3) is 0.538. The second kappa shape index (κ2) is 3.86. The van der Waals surface area contributed by atoms with Gasteiger partial charge in [-0.05, 0) is 29.5 Å². The quantitative estimate of drug-likeness (QED) is 0.736. The van der Waals surface area contributed by atoms with Gasteiger partial charge in [0.2, 0.25) is 0 Å². The van der Waals surface area contributed by atoms with E-state index in [9.17, 15) is 0 Å². The van der Waals surface area contributed by atoms with E-state index in [0.717, 1.165) is 18.8 Å². The fourth-order valence-electron chi connectivity index (χ4n) is 1.54. The number of rotatable bonds is 2. The third kappa shape index (κ3) is 2.51. The van der Waals surface area contributed by atoms with Crippen LogP contribution in [0.4, 0.5) is 0 Å². The molecule has 0 bridgehead atoms. The summed E-state index contributed by atoms with van der Waals surface area (Å²) in [7, 11) is 0. The Morgan fingerprint density at radius 1 is 1.07 bits per heavy atom. The highest BCUT2D eigenvalue weighted by Gasteiger charge is 2.16. The lowest BCUT2D eigenvalue weighted by Gasteiger charge is -2.30. The third-order valence-electron chi connectivity index (χ3n) is 2.77. The maximum absolute atomic E-state index is 5.65. The Labute approximate surface area is 91.8 Å². The van der Waals surface area contributed by atoms with Gasteiger partial charge in [-0.1, -0.05) is 32.9 Å². The minimum atomic E-state index is 0.218. The molecule has 0 aliphatic carbocycles. The molecule has 0 atom stereocenters. The molecule has 1 heterocycles. The van der Waals surface area contributed by atoms with E-state index in [1.807, 2.05) is 5.06 Å². The van der Waals surface area contributed by atoms with Crippen LogP contribution in [0.25, 0.3) is 0 Å². The first-order chi connectivity index (χ1) is 7.05. The fourth-order valence-corrected chi connectivity index (χ4v) is 1.54. The minimum Gasteiger partial charge on any atom is -0.406 e. The van der Waals surface area contributed by atoms with Crippen molar-refractivity contribution in [2.75, 3.05) is 13.1 Å². The van der Waals surface area contributed by atoms with Gasteiger partial charge in [0.05, 0.1) is 0 Å². The summed E-state index contributed by atoms with van der Waals surface area (Å²) in [6.07, 6.45) is 1.25. The molecule has 2 nitrogen and oxygen atoms in total. The van der Waals surface area contributed by atoms with Crippen molar-refractivity contribution in [3.05, 3.63) is 29.8 Å². The molecular weight excluding hydrogens is 186 g/mol. The number of hydroxylamine groups is 2. The van der Waals surface area contributed by atoms with E-state index in [1.165, 1.54) is 12.0 Å². The highest BCUT2D eigenvalue weighted by molar-refractivity contribution is 5.30. The molecule has 15 heavy (non-hydrogen) atoms. The number of nitrogens with zero attached hydrogens (tertiary/aromatic N) is 1. The van der Waals surface area contributed by atoms with Gasteiger partial charge in [-0.3, -0.25) is 0 Å². The molecule has 0 radical (unpaired) electrons. The van der Waals surface area contributed by atoms with Crippen molar-refractivity contribution in [2.45, 2.75) is 32.6 Å². The molecule has 1 saturated heterocycles. The highest BCUT2D eigenvalue weighted by Crippen LogP contribution is 2.25. The molecule has 0 unspecified atom stereocenters. The predicted octanol–water partition coefficient (Wildman–Crippen LogP) is 2.98. The average molecular weight is 205 g/mol. The smallest absolute Gasteiger partial charge is 0.147 e. The Kier molecular flexibility index (Phi) is 2.70. The monoisotopic (exact) mass is 205 g/mol. The van der Waals surface area contributed by atoms with Crippen LogP contribution < -0.4 is 4.84 Å². The van der Waals surface area contributed by atoms with Crippen LogP contribution in [0.5, 0.6) is 5.75 Å². The lowest BCUT2D eigenvalue weighted by Crippen LogP contribution is -2.39. The molecule has 1 aliphatic rings. The van der Waals surface area contributed by atoms with Crippen molar-refractivity contribution < 1.29 is 4.84 Å². The van der Waals surface area contributed by atoms with Gasteiger partial charge in [0.25, 0.3) is 0 Å². The van der Waals surface area contributed by atoms with Crippen molar-refractivity contribution >= 4 is 0 Å². The molecule has 1 aromatic carbocycles. The zero-order valence-electron chi connectivity index (χ0n) is 9.79. The third-order valence-corrected chi connectivity index (χ3v) is 2.77. The summed E-state index contributed by atoms with van der Waals surface area (Å²) in [5, 5.41) is 1.99. The number of benzene rings is 1. The number of hydrogen-bond acceptors (Lipinski definition) is 2. The molecule has 0 amide bonds. The van der Waals surface area contributed by atoms with E-state index >= 15 is 0 Å². The molecular formula is C13H19NO. The van der Waals surface area contributed by atoms with E-state index in [4.69, 9.17) is 4.84 Å². The second-order valence-electron chi connectivity index (χ2n) is 5.15. The zero-order chi connectivity index (χ0) is 10.9. The van der Waals surface area contributed by atoms with Crippen LogP contribution in [0, 0.1) is 0 Å². The molecule has 2 heteroatoms. The van der Waals surface area contributed by atoms with Crippen LogP contribution in [0.2, 0.25) is 0 Å². The van der Waals surface area contributed by atoms with Crippen LogP contribution in [0.3, 0.4) is 0 Å². The summed E-state index contributed by atoms with van der Waals surface area (Å²) >= 11 is 0. The van der Waals surface area contributed by atoms with Gasteiger partial charge < -0.3 is 4.84 Å². The summed E-state index contributed by atoms with van der Waals surface area (Å²) in [5.41, 5.74) is 1.56. The van der Waals surface area contributed by atoms with Gasteiger partial charge in [0.15, 0.2) is 0 Å². The maximum atomic E-state index is 5.65. The summed E-state index contributed by atoms with van der Waals surface area (Å²) < 4.78 is 0. The molecule has 0 spiro atoms. The van der Waals surface area contributed by atoms with E-state index < -0.39 is 0 Å². The summed E-state index contributed by atoms with van der Waals surface area (Å²) in [6.45, 7) is 8.77. The van der Waals surface area contributed by atoms with Gasteiger partial charge >= 0.3 is 0 Å². The van der Waals surface area contributed by atoms with Crippen LogP contribution in [-0.2, 0) is 5.41 Å². The van der Waals surface area contributed by atoms with Crippen molar-refractivity contribution in [1.29, 1.82) is 0 Å². The average Bonchev–Trinajstić information content (AvgIpc) is 2.11. The first-order valence-electron chi connectivity index (χ1n) is 5.59. The first-order valence-corrected chi connectivity index (χ1v) is 5.59. The van der Waals surface area contributed by atoms with Gasteiger partial charge in [0, 0.05) is 13.1 Å². The Morgan fingerprint density at radius 3 is 2.07 bits per heavy atom. The van der Waals surface area contributed by atoms with Crippen LogP contribution in [0.15, 0.2) is 24.3 Å². The molecule has 0 saturated carbocycles. The second-order valence-corrected chi connectivity index (χ2v) is 5.15. The first kappa shape index (κ1) is 10.5. The maximum Gasteiger partial charge on any atom is 0.147 e. The molecule has 2 rings (SSSR count). The Bertz CT molecular complexity index is 319. The van der Waals surface area contributed by atoms with E-state index in [1.54, 1.807) is 0 Å². The SMILES string of the molecule is CC(C)(C)c1ccc(ON2CCC2)cc1. The molecule has 0 N–H and O–H groups in total. The predicted molar refractivity (Wildman–Crippen MR) is 62.0 cm³/mol. The van der Waals surface area contributed by atoms with E-state index in [2.05, 4.69) is 45.0 Å². The summed E-state index contributed by atoms with van der Waals surface area (Å²) in [5.74, 6) is 0.947. The standard InChI is InChI=1S/C13H19NO/c1-13(2,3)11-5-7-12(8-6-11)15-14-9-4-10-14/h5-8H,4,9-10H2,1-3H3. The molecule has 0 aromatic heterocycles. The molecule has 82 valence electrons. The Balaban J connectivity index is 2.03. The summed E-state index contributed by atoms with van der Waals surface area (Å²) in [6, 6.07) is 8.40. The molecule has 1 aliphatic heterocycles. The van der Waals surface area contributed by atoms with Crippen molar-refractivity contribution in [3.63, 3.8) is 0 Å². The van der Waals surface area contributed by atoms with E-state index in [0.29, 0.717) is 0 Å². The van der Waals surface area contributed by atoms with Crippen LogP contribution in [0.1, 0.15) is 32.8 Å². The van der Waals surface area contributed by atoms with Gasteiger partial charge in [-0.15, -0.1) is 5.06 Å². The minimum absolute atomic E-state index is 0.218. The number of hydrogen-bond donors (Lipinski definition) is 0. The normalized spacial score (nSPS) is 17.3. The zero-order valence-corrected chi connectivity index (χ0v) is 9.79. The van der Waals surface area contributed by atoms with Gasteiger partial charge in [-0.2, -0.15) is 0 Å². The lowest BCUT2D eigenvalue weighted by atomic mass is 9.87. The van der Waals surface area contributed by atoms with Crippen LogP contribution >= 0.6 is 0 Å². The van der Waals surface area contributed by atoms with Crippen LogP contribution in [-0.4, -0.2) is 18.2 Å². The molecule has 1 aromatic rings.